The smallest absolute Gasteiger partial charge is 0.305 e. The van der Waals surface area contributed by atoms with E-state index in [0.717, 1.165) is 51.4 Å². The molecule has 0 amide bonds. The van der Waals surface area contributed by atoms with Gasteiger partial charge in [-0.05, 0) is 70.6 Å². The largest absolute Gasteiger partial charge is 0.463 e. The van der Waals surface area contributed by atoms with Gasteiger partial charge < -0.3 is 14.2 Å². The van der Waals surface area contributed by atoms with Crippen LogP contribution < -0.4 is 0 Å². The zero-order valence-corrected chi connectivity index (χ0v) is 39.3. The van der Waals surface area contributed by atoms with Crippen LogP contribution >= 0.6 is 0 Å². The molecular weight excluding hydrogens is 717 g/mol. The number of carbonyl (C=O) groups is 2. The minimum atomic E-state index is -0.399. The zero-order valence-electron chi connectivity index (χ0n) is 39.3. The van der Waals surface area contributed by atoms with Gasteiger partial charge in [0.15, 0.2) is 0 Å². The Balaban J connectivity index is 4.23. The third-order valence-electron chi connectivity index (χ3n) is 11.5. The van der Waals surface area contributed by atoms with Crippen molar-refractivity contribution in [3.05, 3.63) is 24.3 Å². The Labute approximate surface area is 362 Å². The lowest BCUT2D eigenvalue weighted by molar-refractivity contribution is -0.155. The molecule has 5 nitrogen and oxygen atoms in total. The molecule has 0 aromatic carbocycles. The molecule has 0 spiro atoms. The van der Waals surface area contributed by atoms with Gasteiger partial charge in [0.25, 0.3) is 0 Å². The second-order valence-electron chi connectivity index (χ2n) is 17.4. The fraction of sp³-hybridized carbons (Fsp3) is 0.887. The topological polar surface area (TPSA) is 61.8 Å². The Morgan fingerprint density at radius 1 is 0.345 bits per heavy atom. The summed E-state index contributed by atoms with van der Waals surface area (Å²) in [6.07, 6.45) is 57.7. The van der Waals surface area contributed by atoms with E-state index in [1.165, 1.54) is 193 Å². The molecule has 0 rings (SSSR count). The van der Waals surface area contributed by atoms with Crippen LogP contribution in [0, 0.1) is 0 Å². The normalized spacial score (nSPS) is 11.8. The van der Waals surface area contributed by atoms with Gasteiger partial charge in [-0.3, -0.25) is 9.59 Å². The number of ether oxygens (including phenoxy) is 3. The molecule has 5 heteroatoms. The van der Waals surface area contributed by atoms with Crippen LogP contribution in [0.25, 0.3) is 0 Å². The van der Waals surface area contributed by atoms with E-state index in [2.05, 4.69) is 45.1 Å². The second kappa shape index (κ2) is 49.7. The zero-order chi connectivity index (χ0) is 42.1. The van der Waals surface area contributed by atoms with Crippen molar-refractivity contribution in [3.63, 3.8) is 0 Å². The first-order valence-electron chi connectivity index (χ1n) is 25.9. The van der Waals surface area contributed by atoms with Gasteiger partial charge in [-0.25, -0.2) is 0 Å². The summed E-state index contributed by atoms with van der Waals surface area (Å²) in [7, 11) is 0. The average molecular weight is 817 g/mol. The number of esters is 2. The summed E-state index contributed by atoms with van der Waals surface area (Å²) < 4.78 is 17.4. The van der Waals surface area contributed by atoms with Crippen molar-refractivity contribution in [3.8, 4) is 0 Å². The first-order chi connectivity index (χ1) is 28.6. The van der Waals surface area contributed by atoms with E-state index >= 15 is 0 Å². The van der Waals surface area contributed by atoms with E-state index in [0.29, 0.717) is 19.4 Å². The lowest BCUT2D eigenvalue weighted by Gasteiger charge is -2.18. The standard InChI is InChI=1S/C53H100O5/c1-4-7-10-13-16-19-22-25-26-27-30-33-36-39-42-45-48-56-51(49-57-52(54)46-43-40-37-34-31-28-23-20-17-14-11-8-5-2)50-58-53(55)47-44-41-38-35-32-29-24-21-18-15-12-9-6-3/h20-21,23-24,51H,4-19,22,25-50H2,1-3H3/b23-20-,24-21-. The summed E-state index contributed by atoms with van der Waals surface area (Å²) in [5, 5.41) is 0. The SMILES string of the molecule is CCCCCC/C=C\CCCCCCCC(=O)OCC(COC(=O)CCCCCCC/C=C\CCCCCC)OCCCCCCCCCCCCCCCCCC. The molecule has 58 heavy (non-hydrogen) atoms. The van der Waals surface area contributed by atoms with E-state index in [4.69, 9.17) is 14.2 Å². The molecule has 0 unspecified atom stereocenters. The van der Waals surface area contributed by atoms with Crippen LogP contribution in [0.2, 0.25) is 0 Å². The van der Waals surface area contributed by atoms with Crippen LogP contribution in [-0.4, -0.2) is 37.9 Å². The first-order valence-corrected chi connectivity index (χ1v) is 25.9. The van der Waals surface area contributed by atoms with Crippen molar-refractivity contribution in [2.75, 3.05) is 19.8 Å². The lowest BCUT2D eigenvalue weighted by atomic mass is 10.0. The monoisotopic (exact) mass is 817 g/mol. The number of allylic oxidation sites excluding steroid dienone is 4. The van der Waals surface area contributed by atoms with Crippen molar-refractivity contribution < 1.29 is 23.8 Å². The van der Waals surface area contributed by atoms with Gasteiger partial charge in [-0.15, -0.1) is 0 Å². The molecule has 0 saturated heterocycles. The number of hydrogen-bond acceptors (Lipinski definition) is 5. The number of rotatable bonds is 48. The first kappa shape index (κ1) is 56.4. The van der Waals surface area contributed by atoms with Crippen molar-refractivity contribution in [2.45, 2.75) is 284 Å². The molecule has 0 N–H and O–H groups in total. The van der Waals surface area contributed by atoms with Crippen LogP contribution in [0.5, 0.6) is 0 Å². The molecule has 0 heterocycles. The molecule has 0 aliphatic heterocycles. The molecule has 0 aliphatic carbocycles. The maximum atomic E-state index is 12.6. The third-order valence-corrected chi connectivity index (χ3v) is 11.5. The van der Waals surface area contributed by atoms with Gasteiger partial charge in [0.05, 0.1) is 0 Å². The van der Waals surface area contributed by atoms with Gasteiger partial charge in [0.1, 0.15) is 19.3 Å². The molecule has 0 radical (unpaired) electrons. The fourth-order valence-corrected chi connectivity index (χ4v) is 7.53. The van der Waals surface area contributed by atoms with E-state index in [1.54, 1.807) is 0 Å². The highest BCUT2D eigenvalue weighted by Gasteiger charge is 2.16. The Hall–Kier alpha value is -1.62. The summed E-state index contributed by atoms with van der Waals surface area (Å²) in [5.41, 5.74) is 0. The lowest BCUT2D eigenvalue weighted by Crippen LogP contribution is -2.29. The summed E-state index contributed by atoms with van der Waals surface area (Å²) >= 11 is 0. The fourth-order valence-electron chi connectivity index (χ4n) is 7.53. The maximum Gasteiger partial charge on any atom is 0.305 e. The minimum absolute atomic E-state index is 0.156. The molecule has 0 aliphatic rings. The Kier molecular flexibility index (Phi) is 48.4. The molecule has 342 valence electrons. The number of carbonyl (C=O) groups excluding carboxylic acids is 2. The quantitative estimate of drug-likeness (QED) is 0.0348. The molecular formula is C53H100O5. The average Bonchev–Trinajstić information content (AvgIpc) is 3.23. The van der Waals surface area contributed by atoms with Crippen LogP contribution in [0.4, 0.5) is 0 Å². The van der Waals surface area contributed by atoms with Gasteiger partial charge >= 0.3 is 11.9 Å². The molecule has 0 bridgehead atoms. The summed E-state index contributed by atoms with van der Waals surface area (Å²) in [6, 6.07) is 0. The van der Waals surface area contributed by atoms with Gasteiger partial charge in [0.2, 0.25) is 0 Å². The van der Waals surface area contributed by atoms with E-state index in [1.807, 2.05) is 0 Å². The van der Waals surface area contributed by atoms with Crippen molar-refractivity contribution in [1.82, 2.24) is 0 Å². The Morgan fingerprint density at radius 2 is 0.603 bits per heavy atom. The molecule has 0 saturated carbocycles. The summed E-state index contributed by atoms with van der Waals surface area (Å²) in [5.74, 6) is -0.341. The van der Waals surface area contributed by atoms with Crippen LogP contribution in [0.3, 0.4) is 0 Å². The Bertz CT molecular complexity index is 830. The van der Waals surface area contributed by atoms with Crippen molar-refractivity contribution >= 4 is 11.9 Å². The van der Waals surface area contributed by atoms with E-state index in [-0.39, 0.29) is 25.2 Å². The molecule has 0 aromatic rings. The number of unbranched alkanes of at least 4 members (excludes halogenated alkanes) is 33. The molecule has 0 fully saturated rings. The summed E-state index contributed by atoms with van der Waals surface area (Å²) in [4.78, 5) is 25.1. The number of hydrogen-bond donors (Lipinski definition) is 0. The van der Waals surface area contributed by atoms with Gasteiger partial charge in [0, 0.05) is 19.4 Å². The third kappa shape index (κ3) is 47.1. The maximum absolute atomic E-state index is 12.6. The van der Waals surface area contributed by atoms with Gasteiger partial charge in [-0.2, -0.15) is 0 Å². The van der Waals surface area contributed by atoms with Crippen LogP contribution in [0.15, 0.2) is 24.3 Å². The summed E-state index contributed by atoms with van der Waals surface area (Å²) in [6.45, 7) is 7.73. The van der Waals surface area contributed by atoms with Crippen molar-refractivity contribution in [2.24, 2.45) is 0 Å². The van der Waals surface area contributed by atoms with Crippen LogP contribution in [-0.2, 0) is 23.8 Å². The highest BCUT2D eigenvalue weighted by atomic mass is 16.6. The van der Waals surface area contributed by atoms with Crippen molar-refractivity contribution in [1.29, 1.82) is 0 Å². The molecule has 0 atom stereocenters. The second-order valence-corrected chi connectivity index (χ2v) is 17.4. The van der Waals surface area contributed by atoms with Crippen LogP contribution in [0.1, 0.15) is 278 Å². The van der Waals surface area contributed by atoms with E-state index in [9.17, 15) is 9.59 Å². The predicted molar refractivity (Wildman–Crippen MR) is 252 cm³/mol. The molecule has 0 aromatic heterocycles. The minimum Gasteiger partial charge on any atom is -0.463 e. The highest BCUT2D eigenvalue weighted by Crippen LogP contribution is 2.15. The van der Waals surface area contributed by atoms with E-state index < -0.39 is 6.10 Å². The predicted octanol–water partition coefficient (Wildman–Crippen LogP) is 17.2. The Morgan fingerprint density at radius 3 is 0.931 bits per heavy atom. The highest BCUT2D eigenvalue weighted by molar-refractivity contribution is 5.69. The van der Waals surface area contributed by atoms with Gasteiger partial charge in [-0.1, -0.05) is 218 Å².